The fourth-order valence-corrected chi connectivity index (χ4v) is 2.76. The molecule has 0 aliphatic carbocycles. The molecular formula is C17H25N3O2. The van der Waals surface area contributed by atoms with Crippen molar-refractivity contribution in [1.29, 1.82) is 0 Å². The van der Waals surface area contributed by atoms with Gasteiger partial charge in [0.15, 0.2) is 6.29 Å². The molecular weight excluding hydrogens is 278 g/mol. The average molecular weight is 303 g/mol. The van der Waals surface area contributed by atoms with Gasteiger partial charge in [-0.3, -0.25) is 14.5 Å². The lowest BCUT2D eigenvalue weighted by molar-refractivity contribution is -0.136. The van der Waals surface area contributed by atoms with Crippen LogP contribution in [0.3, 0.4) is 0 Å². The minimum Gasteiger partial charge on any atom is -0.336 e. The number of pyridine rings is 1. The Hall–Kier alpha value is -1.75. The molecule has 0 bridgehead atoms. The number of piperazine rings is 1. The molecule has 1 fully saturated rings. The van der Waals surface area contributed by atoms with Gasteiger partial charge in [-0.1, -0.05) is 13.3 Å². The number of nitrogens with zero attached hydrogens (tertiary/aromatic N) is 3. The molecule has 0 atom stereocenters. The summed E-state index contributed by atoms with van der Waals surface area (Å²) in [7, 11) is 1.95. The standard InChI is InChI=1S/C17H25N3O2/c1-4-5-6-14-9-15(16(12-21)18-13(14)2)10-20-8-7-19(3)11-17(20)22/h9,12H,4-8,10-11H2,1-3H3. The minimum atomic E-state index is 0.112. The first-order valence-electron chi connectivity index (χ1n) is 7.96. The van der Waals surface area contributed by atoms with E-state index in [1.54, 1.807) is 0 Å². The van der Waals surface area contributed by atoms with Crippen molar-refractivity contribution in [2.75, 3.05) is 26.7 Å². The number of carbonyl (C=O) groups is 2. The van der Waals surface area contributed by atoms with E-state index in [0.717, 1.165) is 43.4 Å². The summed E-state index contributed by atoms with van der Waals surface area (Å²) in [4.78, 5) is 31.7. The lowest BCUT2D eigenvalue weighted by Gasteiger charge is -2.32. The van der Waals surface area contributed by atoms with E-state index in [2.05, 4.69) is 18.0 Å². The van der Waals surface area contributed by atoms with Crippen LogP contribution in [0.4, 0.5) is 0 Å². The summed E-state index contributed by atoms with van der Waals surface area (Å²) < 4.78 is 0. The molecule has 0 unspecified atom stereocenters. The number of carbonyl (C=O) groups excluding carboxylic acids is 2. The highest BCUT2D eigenvalue weighted by Gasteiger charge is 2.22. The zero-order chi connectivity index (χ0) is 16.1. The van der Waals surface area contributed by atoms with Gasteiger partial charge in [0.05, 0.1) is 6.54 Å². The second-order valence-electron chi connectivity index (χ2n) is 6.05. The van der Waals surface area contributed by atoms with Crippen LogP contribution in [0.5, 0.6) is 0 Å². The Labute approximate surface area is 132 Å². The Bertz CT molecular complexity index is 557. The Morgan fingerprint density at radius 3 is 2.73 bits per heavy atom. The summed E-state index contributed by atoms with van der Waals surface area (Å²) in [5.74, 6) is 0.112. The number of aryl methyl sites for hydroxylation is 2. The van der Waals surface area contributed by atoms with Crippen LogP contribution < -0.4 is 0 Å². The number of unbranched alkanes of at least 4 members (excludes halogenated alkanes) is 1. The number of likely N-dealkylation sites (N-methyl/N-ethyl adjacent to an activating group) is 1. The summed E-state index contributed by atoms with van der Waals surface area (Å²) in [6, 6.07) is 2.06. The van der Waals surface area contributed by atoms with Gasteiger partial charge in [-0.2, -0.15) is 0 Å². The predicted molar refractivity (Wildman–Crippen MR) is 85.9 cm³/mol. The van der Waals surface area contributed by atoms with Crippen molar-refractivity contribution in [3.05, 3.63) is 28.6 Å². The quantitative estimate of drug-likeness (QED) is 0.752. The summed E-state index contributed by atoms with van der Waals surface area (Å²) in [5, 5.41) is 0. The lowest BCUT2D eigenvalue weighted by atomic mass is 10.0. The first-order valence-corrected chi connectivity index (χ1v) is 7.96. The Kier molecular flexibility index (Phi) is 5.66. The van der Waals surface area contributed by atoms with Crippen molar-refractivity contribution in [1.82, 2.24) is 14.8 Å². The monoisotopic (exact) mass is 303 g/mol. The largest absolute Gasteiger partial charge is 0.336 e. The smallest absolute Gasteiger partial charge is 0.237 e. The van der Waals surface area contributed by atoms with E-state index < -0.39 is 0 Å². The van der Waals surface area contributed by atoms with Gasteiger partial charge in [0.25, 0.3) is 0 Å². The zero-order valence-corrected chi connectivity index (χ0v) is 13.8. The van der Waals surface area contributed by atoms with E-state index in [4.69, 9.17) is 0 Å². The van der Waals surface area contributed by atoms with Crippen molar-refractivity contribution < 1.29 is 9.59 Å². The first kappa shape index (κ1) is 16.6. The molecule has 0 radical (unpaired) electrons. The molecule has 1 amide bonds. The third-order valence-electron chi connectivity index (χ3n) is 4.21. The Morgan fingerprint density at radius 1 is 1.32 bits per heavy atom. The molecule has 0 saturated carbocycles. The molecule has 2 rings (SSSR count). The van der Waals surface area contributed by atoms with E-state index in [0.29, 0.717) is 25.3 Å². The molecule has 0 spiro atoms. The normalized spacial score (nSPS) is 16.1. The number of hydrogen-bond donors (Lipinski definition) is 0. The van der Waals surface area contributed by atoms with Gasteiger partial charge in [-0.15, -0.1) is 0 Å². The summed E-state index contributed by atoms with van der Waals surface area (Å²) in [6.45, 7) is 6.59. The number of rotatable bonds is 6. The molecule has 2 heterocycles. The second kappa shape index (κ2) is 7.49. The van der Waals surface area contributed by atoms with Crippen LogP contribution in [0.25, 0.3) is 0 Å². The molecule has 1 aliphatic rings. The molecule has 22 heavy (non-hydrogen) atoms. The Morgan fingerprint density at radius 2 is 2.09 bits per heavy atom. The molecule has 1 aromatic rings. The SMILES string of the molecule is CCCCc1cc(CN2CCN(C)CC2=O)c(C=O)nc1C. The number of aromatic nitrogens is 1. The van der Waals surface area contributed by atoms with Crippen molar-refractivity contribution >= 4 is 12.2 Å². The van der Waals surface area contributed by atoms with Crippen LogP contribution in [0.2, 0.25) is 0 Å². The van der Waals surface area contributed by atoms with E-state index in [9.17, 15) is 9.59 Å². The fraction of sp³-hybridized carbons (Fsp3) is 0.588. The van der Waals surface area contributed by atoms with Gasteiger partial charge in [0, 0.05) is 30.9 Å². The van der Waals surface area contributed by atoms with Crippen LogP contribution in [-0.4, -0.2) is 53.7 Å². The zero-order valence-electron chi connectivity index (χ0n) is 13.8. The van der Waals surface area contributed by atoms with Gasteiger partial charge in [-0.05, 0) is 38.4 Å². The van der Waals surface area contributed by atoms with Crippen molar-refractivity contribution in [3.8, 4) is 0 Å². The first-order chi connectivity index (χ1) is 10.5. The highest BCUT2D eigenvalue weighted by atomic mass is 16.2. The van der Waals surface area contributed by atoms with Gasteiger partial charge >= 0.3 is 0 Å². The van der Waals surface area contributed by atoms with Crippen LogP contribution in [0, 0.1) is 6.92 Å². The number of amides is 1. The van der Waals surface area contributed by atoms with E-state index >= 15 is 0 Å². The maximum atomic E-state index is 12.1. The lowest BCUT2D eigenvalue weighted by Crippen LogP contribution is -2.48. The molecule has 5 heteroatoms. The fourth-order valence-electron chi connectivity index (χ4n) is 2.76. The predicted octanol–water partition coefficient (Wildman–Crippen LogP) is 1.82. The molecule has 0 aromatic carbocycles. The van der Waals surface area contributed by atoms with Crippen LogP contribution in [0.1, 0.15) is 47.1 Å². The van der Waals surface area contributed by atoms with Crippen LogP contribution >= 0.6 is 0 Å². The van der Waals surface area contributed by atoms with E-state index in [1.807, 2.05) is 23.8 Å². The van der Waals surface area contributed by atoms with Crippen LogP contribution in [-0.2, 0) is 17.8 Å². The molecule has 5 nitrogen and oxygen atoms in total. The number of aldehydes is 1. The van der Waals surface area contributed by atoms with Crippen molar-refractivity contribution in [2.24, 2.45) is 0 Å². The van der Waals surface area contributed by atoms with Gasteiger partial charge in [-0.25, -0.2) is 4.98 Å². The third-order valence-corrected chi connectivity index (χ3v) is 4.21. The highest BCUT2D eigenvalue weighted by Crippen LogP contribution is 2.17. The van der Waals surface area contributed by atoms with Crippen molar-refractivity contribution in [3.63, 3.8) is 0 Å². The molecule has 1 aliphatic heterocycles. The minimum absolute atomic E-state index is 0.112. The molecule has 1 saturated heterocycles. The van der Waals surface area contributed by atoms with E-state index in [1.165, 1.54) is 5.56 Å². The van der Waals surface area contributed by atoms with Gasteiger partial charge in [0.2, 0.25) is 5.91 Å². The van der Waals surface area contributed by atoms with Crippen molar-refractivity contribution in [2.45, 2.75) is 39.7 Å². The topological polar surface area (TPSA) is 53.5 Å². The molecule has 0 N–H and O–H groups in total. The Balaban J connectivity index is 2.21. The van der Waals surface area contributed by atoms with E-state index in [-0.39, 0.29) is 5.91 Å². The average Bonchev–Trinajstić information content (AvgIpc) is 2.49. The maximum absolute atomic E-state index is 12.1. The van der Waals surface area contributed by atoms with Gasteiger partial charge < -0.3 is 4.90 Å². The molecule has 120 valence electrons. The van der Waals surface area contributed by atoms with Crippen LogP contribution in [0.15, 0.2) is 6.07 Å². The highest BCUT2D eigenvalue weighted by molar-refractivity contribution is 5.80. The molecule has 1 aromatic heterocycles. The summed E-state index contributed by atoms with van der Waals surface area (Å²) in [5.41, 5.74) is 3.43. The number of hydrogen-bond acceptors (Lipinski definition) is 4. The maximum Gasteiger partial charge on any atom is 0.237 e. The summed E-state index contributed by atoms with van der Waals surface area (Å²) in [6.07, 6.45) is 4.00. The van der Waals surface area contributed by atoms with Gasteiger partial charge in [0.1, 0.15) is 5.69 Å². The third kappa shape index (κ3) is 3.91. The summed E-state index contributed by atoms with van der Waals surface area (Å²) >= 11 is 0. The second-order valence-corrected chi connectivity index (χ2v) is 6.05.